The number of carbonyl (C=O) groups excluding carboxylic acids is 1. The van der Waals surface area contributed by atoms with E-state index < -0.39 is 86.7 Å². The Kier molecular flexibility index (Phi) is 9.97. The first-order valence-electron chi connectivity index (χ1n) is 12.2. The van der Waals surface area contributed by atoms with Crippen molar-refractivity contribution in [3.8, 4) is 0 Å². The molecule has 0 aromatic carbocycles. The van der Waals surface area contributed by atoms with Gasteiger partial charge >= 0.3 is 0 Å². The molecular formula is C16H5B22N5O2. The lowest BCUT2D eigenvalue weighted by Gasteiger charge is -2.83. The van der Waals surface area contributed by atoms with Crippen LogP contribution in [-0.4, -0.2) is 210 Å². The summed E-state index contributed by atoms with van der Waals surface area (Å²) < 4.78 is 0. The van der Waals surface area contributed by atoms with Gasteiger partial charge in [0, 0.05) is 11.1 Å². The molecule has 1 aliphatic rings. The molecule has 44 radical (unpaired) electrons. The van der Waals surface area contributed by atoms with Crippen molar-refractivity contribution in [2.75, 3.05) is 10.6 Å². The lowest BCUT2D eigenvalue weighted by molar-refractivity contribution is 0.000676. The molecule has 29 heteroatoms. The number of aromatic nitrogens is 2. The fourth-order valence-electron chi connectivity index (χ4n) is 5.50. The number of rotatable bonds is 9. The minimum absolute atomic E-state index is 0.757. The lowest BCUT2D eigenvalue weighted by Crippen LogP contribution is -2.81. The highest BCUT2D eigenvalue weighted by Crippen LogP contribution is 2.81. The summed E-state index contributed by atoms with van der Waals surface area (Å²) in [5.74, 6) is -2.98. The monoisotopic (exact) mass is 541 g/mol. The second-order valence-electron chi connectivity index (χ2n) is 11.7. The highest BCUT2D eigenvalue weighted by molar-refractivity contribution is 6.72. The zero-order valence-corrected chi connectivity index (χ0v) is 24.0. The van der Waals surface area contributed by atoms with Gasteiger partial charge in [-0.15, -0.1) is 25.7 Å². The van der Waals surface area contributed by atoms with Crippen molar-refractivity contribution >= 4 is 196 Å². The smallest absolute Gasteiger partial charge is 0.253 e. The highest BCUT2D eigenvalue weighted by atomic mass is 16.3. The van der Waals surface area contributed by atoms with Crippen LogP contribution in [-0.2, 0) is 0 Å². The summed E-state index contributed by atoms with van der Waals surface area (Å²) in [5, 5.41) is -6.98. The number of hydrogen-bond donors (Lipinski definition) is 4. The molecule has 2 rings (SSSR count). The number of primary amides is 1. The van der Waals surface area contributed by atoms with Crippen LogP contribution in [0.1, 0.15) is 10.4 Å². The van der Waals surface area contributed by atoms with E-state index in [1.54, 1.807) is 0 Å². The van der Waals surface area contributed by atoms with Crippen LogP contribution in [0.15, 0.2) is 0 Å². The molecule has 1 aromatic rings. The van der Waals surface area contributed by atoms with Crippen molar-refractivity contribution in [2.24, 2.45) is 5.73 Å². The molecule has 0 saturated heterocycles. The summed E-state index contributed by atoms with van der Waals surface area (Å²) in [4.78, 5) is 20.4. The van der Waals surface area contributed by atoms with E-state index in [9.17, 15) is 9.90 Å². The summed E-state index contributed by atoms with van der Waals surface area (Å²) in [7, 11) is 133. The largest absolute Gasteiger partial charge is 0.401 e. The molecule has 1 heterocycles. The highest BCUT2D eigenvalue weighted by Gasteiger charge is 2.74. The third-order valence-corrected chi connectivity index (χ3v) is 8.30. The average molecular weight is 537 g/mol. The fourth-order valence-corrected chi connectivity index (χ4v) is 5.50. The van der Waals surface area contributed by atoms with Gasteiger partial charge in [0.15, 0.2) is 0 Å². The number of nitrogens with two attached hydrogens (primary N) is 1. The van der Waals surface area contributed by atoms with Gasteiger partial charge in [-0.3, -0.25) is 4.79 Å². The Morgan fingerprint density at radius 2 is 1.09 bits per heavy atom. The van der Waals surface area contributed by atoms with Gasteiger partial charge in [0.1, 0.15) is 29.4 Å². The molecule has 1 saturated carbocycles. The molecular weight excluding hydrogens is 532 g/mol. The van der Waals surface area contributed by atoms with E-state index in [4.69, 9.17) is 178 Å². The van der Waals surface area contributed by atoms with Crippen molar-refractivity contribution in [1.82, 2.24) is 9.97 Å². The Balaban J connectivity index is 3.04. The summed E-state index contributed by atoms with van der Waals surface area (Å²) in [6.07, 6.45) is 0. The van der Waals surface area contributed by atoms with E-state index in [1.165, 1.54) is 0 Å². The molecule has 1 aromatic heterocycles. The van der Waals surface area contributed by atoms with E-state index in [1.807, 2.05) is 0 Å². The Morgan fingerprint density at radius 1 is 0.689 bits per heavy atom. The Morgan fingerprint density at radius 3 is 1.42 bits per heavy atom. The zero-order chi connectivity index (χ0) is 36.2. The van der Waals surface area contributed by atoms with E-state index in [2.05, 4.69) is 20.6 Å². The Labute approximate surface area is 294 Å². The van der Waals surface area contributed by atoms with Crippen LogP contribution >= 0.6 is 0 Å². The van der Waals surface area contributed by atoms with Gasteiger partial charge in [-0.05, 0) is 11.0 Å². The van der Waals surface area contributed by atoms with Crippen LogP contribution < -0.4 is 22.0 Å². The third-order valence-electron chi connectivity index (χ3n) is 8.30. The number of aliphatic hydroxyl groups is 1. The molecule has 0 spiro atoms. The number of nitrogens with one attached hydrogen (secondary N) is 2. The van der Waals surface area contributed by atoms with Gasteiger partial charge in [0.25, 0.3) is 5.91 Å². The summed E-state index contributed by atoms with van der Waals surface area (Å²) >= 11 is 0. The number of carbonyl (C=O) groups is 1. The Bertz CT molecular complexity index is 1280. The standard InChI is InChI=1S/C16H5B22N5O2/c17-2-1(3(39)44)4(41-5(40-2)43-7(14(30,31)32,15(33,34)35)16(36,37)38)42-11(25)9(21,22)8(19,20)6(18,13(27,28)29)12(26,45)10(11,23)24/h45H,(H2,39,44)(H2,40,41,42,43). The van der Waals surface area contributed by atoms with Crippen LogP contribution in [0.3, 0.4) is 0 Å². The molecule has 7 nitrogen and oxygen atoms in total. The van der Waals surface area contributed by atoms with Gasteiger partial charge in [-0.25, -0.2) is 4.98 Å². The molecule has 3 atom stereocenters. The average Bonchev–Trinajstić information content (AvgIpc) is 2.76. The first kappa shape index (κ1) is 40.7. The maximum Gasteiger partial charge on any atom is 0.253 e. The maximum atomic E-state index is 12.5. The molecule has 3 unspecified atom stereocenters. The van der Waals surface area contributed by atoms with Crippen LogP contribution in [0.4, 0.5) is 11.8 Å². The number of anilines is 2. The van der Waals surface area contributed by atoms with Crippen molar-refractivity contribution in [1.29, 1.82) is 0 Å². The van der Waals surface area contributed by atoms with Crippen LogP contribution in [0.25, 0.3) is 0 Å². The summed E-state index contributed by atoms with van der Waals surface area (Å²) in [6.45, 7) is 0. The predicted octanol–water partition coefficient (Wildman–Crippen LogP) is -9.33. The second kappa shape index (κ2) is 11.0. The summed E-state index contributed by atoms with van der Waals surface area (Å²) in [6, 6.07) is 0. The Hall–Kier alpha value is -0.461. The quantitative estimate of drug-likeness (QED) is 0.233. The van der Waals surface area contributed by atoms with E-state index >= 15 is 0 Å². The SMILES string of the molecule is [B]c1nc(NC(C([B])([B])[B])(C([B])([B])[B])C([B])([B])[B])nc(NC2([B])C([B])([B])C([B])([B])C([B])(C([B])([B])[B])C([B])(O)C2([B])[B])c1C(N)=O. The molecule has 0 aliphatic heterocycles. The van der Waals surface area contributed by atoms with Crippen LogP contribution in [0, 0.1) is 0 Å². The molecule has 172 valence electrons. The van der Waals surface area contributed by atoms with Crippen molar-refractivity contribution in [3.63, 3.8) is 0 Å². The van der Waals surface area contributed by atoms with E-state index in [-0.39, 0.29) is 0 Å². The predicted molar refractivity (Wildman–Crippen MR) is 196 cm³/mol. The number of nitrogens with zero attached hydrogens (tertiary/aromatic N) is 2. The van der Waals surface area contributed by atoms with Gasteiger partial charge in [-0.2, -0.15) is 4.98 Å². The van der Waals surface area contributed by atoms with Crippen LogP contribution in [0.5, 0.6) is 0 Å². The zero-order valence-electron chi connectivity index (χ0n) is 24.0. The maximum absolute atomic E-state index is 12.5. The number of amides is 1. The van der Waals surface area contributed by atoms with Crippen molar-refractivity contribution < 1.29 is 9.90 Å². The van der Waals surface area contributed by atoms with Gasteiger partial charge in [-0.1, -0.05) is 15.7 Å². The normalized spacial score (nSPS) is 28.4. The topological polar surface area (TPSA) is 113 Å². The first-order chi connectivity index (χ1) is 19.4. The van der Waals surface area contributed by atoms with Gasteiger partial charge in [0.2, 0.25) is 5.95 Å². The van der Waals surface area contributed by atoms with E-state index in [0.29, 0.717) is 0 Å². The lowest BCUT2D eigenvalue weighted by atomic mass is 8.99. The van der Waals surface area contributed by atoms with Crippen molar-refractivity contribution in [2.45, 2.75) is 57.9 Å². The summed E-state index contributed by atoms with van der Waals surface area (Å²) in [5.41, 5.74) is -5.25. The number of hydrogen-bond acceptors (Lipinski definition) is 6. The van der Waals surface area contributed by atoms with Gasteiger partial charge in [0.05, 0.1) is 155 Å². The van der Waals surface area contributed by atoms with Crippen molar-refractivity contribution in [3.05, 3.63) is 5.56 Å². The third kappa shape index (κ3) is 5.26. The van der Waals surface area contributed by atoms with Crippen LogP contribution in [0.2, 0.25) is 41.4 Å². The molecule has 0 bridgehead atoms. The minimum atomic E-state index is -3.40. The second-order valence-corrected chi connectivity index (χ2v) is 11.7. The molecule has 5 N–H and O–H groups in total. The minimum Gasteiger partial charge on any atom is -0.401 e. The molecule has 1 aliphatic carbocycles. The molecule has 1 amide bonds. The van der Waals surface area contributed by atoms with Gasteiger partial charge < -0.3 is 21.5 Å². The molecule has 1 fully saturated rings. The fraction of sp³-hybridized carbons (Fsp3) is 0.688. The molecule has 45 heavy (non-hydrogen) atoms. The van der Waals surface area contributed by atoms with E-state index in [0.717, 1.165) is 0 Å². The first-order valence-corrected chi connectivity index (χ1v) is 12.2.